The highest BCUT2D eigenvalue weighted by Crippen LogP contribution is 2.25. The first-order valence-electron chi connectivity index (χ1n) is 6.81. The molecule has 6 nitrogen and oxygen atoms in total. The minimum atomic E-state index is -0.373. The number of anilines is 1. The number of nitro groups is 1. The van der Waals surface area contributed by atoms with E-state index in [1.54, 1.807) is 25.4 Å². The number of furan rings is 1. The van der Waals surface area contributed by atoms with E-state index in [9.17, 15) is 10.1 Å². The van der Waals surface area contributed by atoms with Crippen LogP contribution in [0.15, 0.2) is 41.0 Å². The maximum atomic E-state index is 11.0. The summed E-state index contributed by atoms with van der Waals surface area (Å²) >= 11 is 0. The van der Waals surface area contributed by atoms with Crippen LogP contribution in [0.3, 0.4) is 0 Å². The van der Waals surface area contributed by atoms with Crippen molar-refractivity contribution in [2.24, 2.45) is 0 Å². The number of nitrogens with one attached hydrogen (secondary N) is 2. The van der Waals surface area contributed by atoms with Crippen LogP contribution in [-0.4, -0.2) is 18.0 Å². The van der Waals surface area contributed by atoms with E-state index in [0.29, 0.717) is 12.2 Å². The van der Waals surface area contributed by atoms with Gasteiger partial charge in [0, 0.05) is 32.1 Å². The molecule has 0 fully saturated rings. The third-order valence-corrected chi connectivity index (χ3v) is 3.27. The van der Waals surface area contributed by atoms with Gasteiger partial charge in [-0.1, -0.05) is 6.07 Å². The molecule has 0 aliphatic rings. The lowest BCUT2D eigenvalue weighted by molar-refractivity contribution is -0.384. The van der Waals surface area contributed by atoms with E-state index < -0.39 is 0 Å². The summed E-state index contributed by atoms with van der Waals surface area (Å²) in [6.45, 7) is 2.63. The summed E-state index contributed by atoms with van der Waals surface area (Å²) in [7, 11) is 1.67. The van der Waals surface area contributed by atoms with E-state index in [0.717, 1.165) is 17.7 Å². The fourth-order valence-corrected chi connectivity index (χ4v) is 2.14. The van der Waals surface area contributed by atoms with Crippen molar-refractivity contribution in [2.45, 2.75) is 25.9 Å². The molecule has 2 N–H and O–H groups in total. The summed E-state index contributed by atoms with van der Waals surface area (Å²) in [5, 5.41) is 17.2. The molecule has 0 aliphatic carbocycles. The van der Waals surface area contributed by atoms with E-state index >= 15 is 0 Å². The second kappa shape index (κ2) is 8.41. The first-order chi connectivity index (χ1) is 10.1. The second-order valence-electron chi connectivity index (χ2n) is 4.92. The van der Waals surface area contributed by atoms with Crippen LogP contribution in [0.4, 0.5) is 11.4 Å². The number of benzene rings is 1. The molecule has 0 bridgehead atoms. The molecule has 120 valence electrons. The van der Waals surface area contributed by atoms with Gasteiger partial charge in [0.1, 0.15) is 11.4 Å². The maximum absolute atomic E-state index is 11.0. The van der Waals surface area contributed by atoms with Crippen molar-refractivity contribution in [2.75, 3.05) is 12.4 Å². The smallest absolute Gasteiger partial charge is 0.292 e. The lowest BCUT2D eigenvalue weighted by Crippen LogP contribution is -2.27. The SMILES string of the molecule is CNc1ccc(CNC(C)Cc2ccco2)cc1[N+](=O)[O-].Cl. The molecule has 0 radical (unpaired) electrons. The number of hydrogen-bond acceptors (Lipinski definition) is 5. The standard InChI is InChI=1S/C15H19N3O3.ClH/c1-11(8-13-4-3-7-21-13)17-10-12-5-6-14(16-2)15(9-12)18(19)20;/h3-7,9,11,16-17H,8,10H2,1-2H3;1H. The van der Waals surface area contributed by atoms with Gasteiger partial charge in [-0.25, -0.2) is 0 Å². The van der Waals surface area contributed by atoms with E-state index in [1.165, 1.54) is 0 Å². The van der Waals surface area contributed by atoms with E-state index in [1.807, 2.05) is 18.2 Å². The molecule has 1 aromatic heterocycles. The van der Waals surface area contributed by atoms with Crippen molar-refractivity contribution in [1.29, 1.82) is 0 Å². The Kier molecular flexibility index (Phi) is 6.88. The zero-order chi connectivity index (χ0) is 15.2. The third kappa shape index (κ3) is 4.75. The summed E-state index contributed by atoms with van der Waals surface area (Å²) < 4.78 is 5.30. The van der Waals surface area contributed by atoms with Crippen molar-refractivity contribution in [3.05, 3.63) is 58.0 Å². The minimum absolute atomic E-state index is 0. The minimum Gasteiger partial charge on any atom is -0.469 e. The Labute approximate surface area is 135 Å². The monoisotopic (exact) mass is 325 g/mol. The quantitative estimate of drug-likeness (QED) is 0.602. The van der Waals surface area contributed by atoms with Gasteiger partial charge in [0.25, 0.3) is 5.69 Å². The van der Waals surface area contributed by atoms with Crippen molar-refractivity contribution < 1.29 is 9.34 Å². The first-order valence-corrected chi connectivity index (χ1v) is 6.81. The molecule has 1 heterocycles. The summed E-state index contributed by atoms with van der Waals surface area (Å²) in [6.07, 6.45) is 2.44. The fourth-order valence-electron chi connectivity index (χ4n) is 2.14. The van der Waals surface area contributed by atoms with Gasteiger partial charge in [-0.2, -0.15) is 0 Å². The number of rotatable bonds is 7. The van der Waals surface area contributed by atoms with Gasteiger partial charge >= 0.3 is 0 Å². The van der Waals surface area contributed by atoms with Gasteiger partial charge in [0.15, 0.2) is 0 Å². The first kappa shape index (κ1) is 18.0. The maximum Gasteiger partial charge on any atom is 0.292 e. The zero-order valence-electron chi connectivity index (χ0n) is 12.5. The van der Waals surface area contributed by atoms with Crippen molar-refractivity contribution in [3.8, 4) is 0 Å². The number of nitro benzene ring substituents is 1. The molecular formula is C15H20ClN3O3. The number of hydrogen-bond donors (Lipinski definition) is 2. The zero-order valence-corrected chi connectivity index (χ0v) is 13.4. The van der Waals surface area contributed by atoms with Crippen molar-refractivity contribution in [3.63, 3.8) is 0 Å². The fraction of sp³-hybridized carbons (Fsp3) is 0.333. The van der Waals surface area contributed by atoms with Crippen LogP contribution < -0.4 is 10.6 Å². The predicted molar refractivity (Wildman–Crippen MR) is 88.6 cm³/mol. The molecule has 1 aromatic carbocycles. The molecule has 22 heavy (non-hydrogen) atoms. The van der Waals surface area contributed by atoms with E-state index in [2.05, 4.69) is 17.6 Å². The van der Waals surface area contributed by atoms with Crippen LogP contribution in [0.2, 0.25) is 0 Å². The predicted octanol–water partition coefficient (Wildman–Crippen LogP) is 3.37. The molecule has 7 heteroatoms. The number of nitrogens with zero attached hydrogens (tertiary/aromatic N) is 1. The van der Waals surface area contributed by atoms with Crippen LogP contribution >= 0.6 is 12.4 Å². The molecule has 1 atom stereocenters. The van der Waals surface area contributed by atoms with Gasteiger partial charge in [-0.3, -0.25) is 10.1 Å². The molecule has 2 rings (SSSR count). The molecule has 0 aliphatic heterocycles. The normalized spacial score (nSPS) is 11.5. The van der Waals surface area contributed by atoms with Gasteiger partial charge in [-0.05, 0) is 30.7 Å². The highest BCUT2D eigenvalue weighted by Gasteiger charge is 2.13. The summed E-state index contributed by atoms with van der Waals surface area (Å²) in [5.41, 5.74) is 1.50. The average Bonchev–Trinajstić information content (AvgIpc) is 2.97. The lowest BCUT2D eigenvalue weighted by Gasteiger charge is -2.13. The van der Waals surface area contributed by atoms with Crippen LogP contribution in [-0.2, 0) is 13.0 Å². The van der Waals surface area contributed by atoms with E-state index in [4.69, 9.17) is 4.42 Å². The van der Waals surface area contributed by atoms with Crippen LogP contribution in [0.1, 0.15) is 18.2 Å². The molecule has 0 saturated carbocycles. The average molecular weight is 326 g/mol. The molecule has 1 unspecified atom stereocenters. The molecule has 0 spiro atoms. The topological polar surface area (TPSA) is 80.3 Å². The van der Waals surface area contributed by atoms with Crippen molar-refractivity contribution >= 4 is 23.8 Å². The highest BCUT2D eigenvalue weighted by atomic mass is 35.5. The molecule has 0 saturated heterocycles. The van der Waals surface area contributed by atoms with Gasteiger partial charge in [0.2, 0.25) is 0 Å². The van der Waals surface area contributed by atoms with Crippen LogP contribution in [0.5, 0.6) is 0 Å². The highest BCUT2D eigenvalue weighted by molar-refractivity contribution is 5.85. The Morgan fingerprint density at radius 3 is 2.73 bits per heavy atom. The molecule has 0 amide bonds. The summed E-state index contributed by atoms with van der Waals surface area (Å²) in [6, 6.07) is 9.22. The Bertz CT molecular complexity index is 602. The van der Waals surface area contributed by atoms with Crippen molar-refractivity contribution in [1.82, 2.24) is 5.32 Å². The largest absolute Gasteiger partial charge is 0.469 e. The molecule has 2 aromatic rings. The summed E-state index contributed by atoms with van der Waals surface area (Å²) in [5.74, 6) is 0.923. The lowest BCUT2D eigenvalue weighted by atomic mass is 10.1. The third-order valence-electron chi connectivity index (χ3n) is 3.27. The number of halogens is 1. The Balaban J connectivity index is 0.00000242. The summed E-state index contributed by atoms with van der Waals surface area (Å²) in [4.78, 5) is 10.6. The van der Waals surface area contributed by atoms with Gasteiger partial charge in [0.05, 0.1) is 11.2 Å². The Morgan fingerprint density at radius 2 is 2.14 bits per heavy atom. The van der Waals surface area contributed by atoms with Gasteiger partial charge < -0.3 is 15.1 Å². The Morgan fingerprint density at radius 1 is 1.36 bits per heavy atom. The second-order valence-corrected chi connectivity index (χ2v) is 4.92. The molecular weight excluding hydrogens is 306 g/mol. The van der Waals surface area contributed by atoms with Gasteiger partial charge in [-0.15, -0.1) is 12.4 Å². The van der Waals surface area contributed by atoms with Crippen LogP contribution in [0, 0.1) is 10.1 Å². The Hall–Kier alpha value is -2.05. The van der Waals surface area contributed by atoms with E-state index in [-0.39, 0.29) is 29.1 Å². The van der Waals surface area contributed by atoms with Crippen LogP contribution in [0.25, 0.3) is 0 Å².